The van der Waals surface area contributed by atoms with Gasteiger partial charge in [-0.05, 0) is 12.1 Å². The van der Waals surface area contributed by atoms with E-state index in [0.717, 1.165) is 23.9 Å². The standard InChI is InChI=1S/C12H10F2N2OS/c1-16-6-5-15-12(16)18-7-10(17)11-8(13)3-2-4-9(11)14/h2-6H,7H2,1H3. The molecule has 0 amide bonds. The second-order valence-corrected chi connectivity index (χ2v) is 4.57. The summed E-state index contributed by atoms with van der Waals surface area (Å²) >= 11 is 1.14. The van der Waals surface area contributed by atoms with E-state index in [9.17, 15) is 13.6 Å². The molecular weight excluding hydrogens is 258 g/mol. The average Bonchev–Trinajstić information content (AvgIpc) is 2.72. The van der Waals surface area contributed by atoms with Gasteiger partial charge in [-0.3, -0.25) is 4.79 Å². The maximum Gasteiger partial charge on any atom is 0.179 e. The van der Waals surface area contributed by atoms with Gasteiger partial charge in [-0.25, -0.2) is 13.8 Å². The first-order chi connectivity index (χ1) is 8.59. The van der Waals surface area contributed by atoms with Gasteiger partial charge < -0.3 is 4.57 Å². The van der Waals surface area contributed by atoms with Gasteiger partial charge in [0.25, 0.3) is 0 Å². The molecule has 0 unspecified atom stereocenters. The number of carbonyl (C=O) groups is 1. The number of benzene rings is 1. The molecule has 94 valence electrons. The number of ketones is 1. The number of aromatic nitrogens is 2. The summed E-state index contributed by atoms with van der Waals surface area (Å²) in [7, 11) is 1.78. The topological polar surface area (TPSA) is 34.9 Å². The number of rotatable bonds is 4. The minimum atomic E-state index is -0.833. The summed E-state index contributed by atoms with van der Waals surface area (Å²) in [6.45, 7) is 0. The summed E-state index contributed by atoms with van der Waals surface area (Å²) in [6.07, 6.45) is 3.33. The molecule has 3 nitrogen and oxygen atoms in total. The van der Waals surface area contributed by atoms with Crippen molar-refractivity contribution in [2.24, 2.45) is 7.05 Å². The van der Waals surface area contributed by atoms with Crippen molar-refractivity contribution in [3.05, 3.63) is 47.8 Å². The van der Waals surface area contributed by atoms with Crippen molar-refractivity contribution in [3.8, 4) is 0 Å². The van der Waals surface area contributed by atoms with Crippen LogP contribution in [0, 0.1) is 11.6 Å². The van der Waals surface area contributed by atoms with E-state index in [0.29, 0.717) is 5.16 Å². The van der Waals surface area contributed by atoms with Crippen LogP contribution in [-0.2, 0) is 7.05 Å². The van der Waals surface area contributed by atoms with Gasteiger partial charge in [0.2, 0.25) is 0 Å². The monoisotopic (exact) mass is 268 g/mol. The lowest BCUT2D eigenvalue weighted by atomic mass is 10.1. The third-order valence-electron chi connectivity index (χ3n) is 2.35. The number of aryl methyl sites for hydroxylation is 1. The molecule has 0 fully saturated rings. The highest BCUT2D eigenvalue weighted by molar-refractivity contribution is 7.99. The van der Waals surface area contributed by atoms with Crippen LogP contribution in [0.4, 0.5) is 8.78 Å². The maximum atomic E-state index is 13.4. The maximum absolute atomic E-state index is 13.4. The summed E-state index contributed by atoms with van der Waals surface area (Å²) in [6, 6.07) is 3.37. The third kappa shape index (κ3) is 2.59. The molecule has 0 saturated heterocycles. The Kier molecular flexibility index (Phi) is 3.76. The quantitative estimate of drug-likeness (QED) is 0.631. The number of carbonyl (C=O) groups excluding carboxylic acids is 1. The first-order valence-corrected chi connectivity index (χ1v) is 6.15. The van der Waals surface area contributed by atoms with Crippen molar-refractivity contribution >= 4 is 17.5 Å². The van der Waals surface area contributed by atoms with E-state index in [4.69, 9.17) is 0 Å². The van der Waals surface area contributed by atoms with Crippen LogP contribution in [0.1, 0.15) is 10.4 Å². The molecule has 0 saturated carbocycles. The Bertz CT molecular complexity index is 563. The van der Waals surface area contributed by atoms with Gasteiger partial charge in [0, 0.05) is 19.4 Å². The van der Waals surface area contributed by atoms with E-state index < -0.39 is 23.0 Å². The average molecular weight is 268 g/mol. The molecule has 0 radical (unpaired) electrons. The molecule has 2 aromatic rings. The SMILES string of the molecule is Cn1ccnc1SCC(=O)c1c(F)cccc1F. The second kappa shape index (κ2) is 5.30. The summed E-state index contributed by atoms with van der Waals surface area (Å²) < 4.78 is 28.4. The number of imidazole rings is 1. The van der Waals surface area contributed by atoms with Crippen LogP contribution in [0.2, 0.25) is 0 Å². The third-order valence-corrected chi connectivity index (χ3v) is 3.41. The fourth-order valence-corrected chi connectivity index (χ4v) is 2.26. The fourth-order valence-electron chi connectivity index (χ4n) is 1.46. The number of nitrogens with zero attached hydrogens (tertiary/aromatic N) is 2. The lowest BCUT2D eigenvalue weighted by Crippen LogP contribution is -2.09. The molecule has 0 atom stereocenters. The van der Waals surface area contributed by atoms with Crippen LogP contribution in [0.25, 0.3) is 0 Å². The van der Waals surface area contributed by atoms with Crippen molar-refractivity contribution in [1.29, 1.82) is 0 Å². The van der Waals surface area contributed by atoms with Crippen molar-refractivity contribution in [3.63, 3.8) is 0 Å². The molecule has 0 N–H and O–H groups in total. The van der Waals surface area contributed by atoms with Crippen LogP contribution >= 0.6 is 11.8 Å². The predicted octanol–water partition coefficient (Wildman–Crippen LogP) is 2.67. The van der Waals surface area contributed by atoms with E-state index in [1.807, 2.05) is 0 Å². The zero-order valence-electron chi connectivity index (χ0n) is 9.56. The first kappa shape index (κ1) is 12.8. The molecule has 2 rings (SSSR count). The summed E-state index contributed by atoms with van der Waals surface area (Å²) in [5, 5.41) is 0.625. The number of hydrogen-bond acceptors (Lipinski definition) is 3. The van der Waals surface area contributed by atoms with Crippen LogP contribution in [0.3, 0.4) is 0 Å². The first-order valence-electron chi connectivity index (χ1n) is 5.17. The molecule has 18 heavy (non-hydrogen) atoms. The second-order valence-electron chi connectivity index (χ2n) is 3.63. The summed E-state index contributed by atoms with van der Waals surface area (Å²) in [4.78, 5) is 15.8. The molecule has 0 aliphatic rings. The van der Waals surface area contributed by atoms with Crippen molar-refractivity contribution in [2.75, 3.05) is 5.75 Å². The highest BCUT2D eigenvalue weighted by atomic mass is 32.2. The largest absolute Gasteiger partial charge is 0.329 e. The summed E-state index contributed by atoms with van der Waals surface area (Å²) in [5.74, 6) is -2.30. The van der Waals surface area contributed by atoms with Gasteiger partial charge in [0.15, 0.2) is 10.9 Å². The van der Waals surface area contributed by atoms with Gasteiger partial charge in [0.05, 0.1) is 11.3 Å². The number of hydrogen-bond donors (Lipinski definition) is 0. The van der Waals surface area contributed by atoms with Gasteiger partial charge in [0.1, 0.15) is 11.6 Å². The molecule has 0 aliphatic heterocycles. The minimum Gasteiger partial charge on any atom is -0.329 e. The van der Waals surface area contributed by atoms with Crippen molar-refractivity contribution in [2.45, 2.75) is 5.16 Å². The molecule has 1 aromatic carbocycles. The number of Topliss-reactive ketones (excluding diaryl/α,β-unsaturated/α-hetero) is 1. The highest BCUT2D eigenvalue weighted by Crippen LogP contribution is 2.19. The Hall–Kier alpha value is -1.69. The fraction of sp³-hybridized carbons (Fsp3) is 0.167. The molecule has 0 aliphatic carbocycles. The van der Waals surface area contributed by atoms with E-state index in [1.165, 1.54) is 6.07 Å². The Balaban J connectivity index is 2.11. The van der Waals surface area contributed by atoms with Gasteiger partial charge in [-0.2, -0.15) is 0 Å². The Morgan fingerprint density at radius 2 is 2.06 bits per heavy atom. The van der Waals surface area contributed by atoms with Gasteiger partial charge in [-0.15, -0.1) is 0 Å². The van der Waals surface area contributed by atoms with E-state index in [2.05, 4.69) is 4.98 Å². The molecular formula is C12H10F2N2OS. The van der Waals surface area contributed by atoms with Gasteiger partial charge >= 0.3 is 0 Å². The van der Waals surface area contributed by atoms with Crippen molar-refractivity contribution < 1.29 is 13.6 Å². The lowest BCUT2D eigenvalue weighted by molar-refractivity contribution is 0.101. The number of thioether (sulfide) groups is 1. The van der Waals surface area contributed by atoms with Crippen molar-refractivity contribution in [1.82, 2.24) is 9.55 Å². The summed E-state index contributed by atoms with van der Waals surface area (Å²) in [5.41, 5.74) is -0.487. The van der Waals surface area contributed by atoms with E-state index in [-0.39, 0.29) is 5.75 Å². The molecule has 1 heterocycles. The Labute approximate surface area is 107 Å². The Morgan fingerprint density at radius 1 is 1.39 bits per heavy atom. The predicted molar refractivity (Wildman–Crippen MR) is 64.6 cm³/mol. The lowest BCUT2D eigenvalue weighted by Gasteiger charge is -2.04. The van der Waals surface area contributed by atoms with Crippen LogP contribution in [0.5, 0.6) is 0 Å². The van der Waals surface area contributed by atoms with Crippen LogP contribution in [-0.4, -0.2) is 21.1 Å². The Morgan fingerprint density at radius 3 is 2.61 bits per heavy atom. The molecule has 0 spiro atoms. The van der Waals surface area contributed by atoms with E-state index in [1.54, 1.807) is 24.0 Å². The zero-order valence-corrected chi connectivity index (χ0v) is 10.4. The van der Waals surface area contributed by atoms with Crippen LogP contribution < -0.4 is 0 Å². The molecule has 0 bridgehead atoms. The molecule has 6 heteroatoms. The van der Waals surface area contributed by atoms with E-state index >= 15 is 0 Å². The molecule has 1 aromatic heterocycles. The van der Waals surface area contributed by atoms with Crippen LogP contribution in [0.15, 0.2) is 35.7 Å². The normalized spacial score (nSPS) is 10.6. The zero-order chi connectivity index (χ0) is 13.1. The smallest absolute Gasteiger partial charge is 0.179 e. The van der Waals surface area contributed by atoms with Gasteiger partial charge in [-0.1, -0.05) is 17.8 Å². The number of halogens is 2. The highest BCUT2D eigenvalue weighted by Gasteiger charge is 2.17. The minimum absolute atomic E-state index is 0.0529.